The van der Waals surface area contributed by atoms with Crippen molar-refractivity contribution in [3.05, 3.63) is 77.4 Å². The minimum absolute atomic E-state index is 0.778. The molecule has 0 saturated heterocycles. The first-order valence-electron chi connectivity index (χ1n) is 9.09. The van der Waals surface area contributed by atoms with Gasteiger partial charge in [0.25, 0.3) is 0 Å². The zero-order valence-electron chi connectivity index (χ0n) is 15.7. The lowest BCUT2D eigenvalue weighted by atomic mass is 10.1. The van der Waals surface area contributed by atoms with Crippen LogP contribution in [0.4, 0.5) is 0 Å². The number of nitrogens with zero attached hydrogens (tertiary/aromatic N) is 3. The first-order valence-corrected chi connectivity index (χ1v) is 9.09. The third kappa shape index (κ3) is 3.04. The minimum atomic E-state index is 0.778. The number of aryl methyl sites for hydroxylation is 4. The van der Waals surface area contributed by atoms with Crippen molar-refractivity contribution in [2.75, 3.05) is 0 Å². The van der Waals surface area contributed by atoms with E-state index in [0.29, 0.717) is 0 Å². The molecule has 0 fully saturated rings. The average molecular weight is 354 g/mol. The first kappa shape index (κ1) is 17.2. The summed E-state index contributed by atoms with van der Waals surface area (Å²) in [5, 5.41) is 0. The maximum Gasteiger partial charge on any atom is 0.107 e. The number of H-pyrrole nitrogens is 1. The molecule has 0 aliphatic carbocycles. The smallest absolute Gasteiger partial charge is 0.107 e. The van der Waals surface area contributed by atoms with Crippen LogP contribution in [0.15, 0.2) is 43.6 Å². The van der Waals surface area contributed by atoms with Crippen LogP contribution in [-0.4, -0.2) is 19.9 Å². The predicted molar refractivity (Wildman–Crippen MR) is 113 cm³/mol. The van der Waals surface area contributed by atoms with E-state index >= 15 is 0 Å². The molecule has 4 heteroatoms. The number of rotatable bonds is 5. The van der Waals surface area contributed by atoms with Crippen molar-refractivity contribution in [2.45, 2.75) is 26.7 Å². The van der Waals surface area contributed by atoms with Crippen LogP contribution in [0.3, 0.4) is 0 Å². The lowest BCUT2D eigenvalue weighted by molar-refractivity contribution is 0.859. The third-order valence-electron chi connectivity index (χ3n) is 4.97. The molecule has 4 nitrogen and oxygen atoms in total. The molecular weight excluding hydrogens is 332 g/mol. The largest absolute Gasteiger partial charge is 0.342 e. The molecule has 0 aliphatic rings. The molecule has 2 aromatic carbocycles. The van der Waals surface area contributed by atoms with Crippen molar-refractivity contribution in [1.29, 1.82) is 0 Å². The van der Waals surface area contributed by atoms with E-state index in [0.717, 1.165) is 68.7 Å². The van der Waals surface area contributed by atoms with Gasteiger partial charge in [-0.1, -0.05) is 43.5 Å². The highest BCUT2D eigenvalue weighted by Gasteiger charge is 2.10. The number of aromatic nitrogens is 4. The Labute approximate surface area is 158 Å². The lowest BCUT2D eigenvalue weighted by Crippen LogP contribution is -1.99. The predicted octanol–water partition coefficient (Wildman–Crippen LogP) is 5.19. The Bertz CT molecular complexity index is 1180. The quantitative estimate of drug-likeness (QED) is 0.536. The molecule has 0 atom stereocenters. The van der Waals surface area contributed by atoms with Crippen LogP contribution in [-0.2, 0) is 12.8 Å². The second kappa shape index (κ2) is 6.80. The molecule has 0 bridgehead atoms. The van der Waals surface area contributed by atoms with Gasteiger partial charge < -0.3 is 4.98 Å². The molecule has 0 unspecified atom stereocenters. The van der Waals surface area contributed by atoms with Gasteiger partial charge in [0.05, 0.1) is 27.8 Å². The van der Waals surface area contributed by atoms with Gasteiger partial charge in [0.2, 0.25) is 0 Å². The van der Waals surface area contributed by atoms with Crippen molar-refractivity contribution >= 4 is 34.2 Å². The molecule has 2 heterocycles. The number of imidazole rings is 1. The van der Waals surface area contributed by atoms with Gasteiger partial charge in [0, 0.05) is 18.2 Å². The SMILES string of the molecule is C=Cc1ccc2[nH]c(CCc3cnc4c(C)ccc(C)c4n3)nc2c1C=C. The maximum atomic E-state index is 4.83. The summed E-state index contributed by atoms with van der Waals surface area (Å²) < 4.78 is 0. The average Bonchev–Trinajstić information content (AvgIpc) is 3.11. The van der Waals surface area contributed by atoms with Crippen LogP contribution < -0.4 is 0 Å². The van der Waals surface area contributed by atoms with Crippen LogP contribution in [0.1, 0.15) is 33.8 Å². The minimum Gasteiger partial charge on any atom is -0.342 e. The van der Waals surface area contributed by atoms with Crippen molar-refractivity contribution < 1.29 is 0 Å². The van der Waals surface area contributed by atoms with E-state index in [4.69, 9.17) is 9.97 Å². The normalized spacial score (nSPS) is 11.2. The van der Waals surface area contributed by atoms with Gasteiger partial charge in [0.1, 0.15) is 5.82 Å². The number of hydrogen-bond acceptors (Lipinski definition) is 3. The van der Waals surface area contributed by atoms with E-state index in [1.807, 2.05) is 30.5 Å². The molecule has 0 spiro atoms. The van der Waals surface area contributed by atoms with Crippen LogP contribution in [0, 0.1) is 13.8 Å². The molecule has 0 amide bonds. The van der Waals surface area contributed by atoms with Crippen molar-refractivity contribution in [1.82, 2.24) is 19.9 Å². The van der Waals surface area contributed by atoms with Crippen molar-refractivity contribution in [3.63, 3.8) is 0 Å². The highest BCUT2D eigenvalue weighted by molar-refractivity contribution is 5.89. The summed E-state index contributed by atoms with van der Waals surface area (Å²) in [7, 11) is 0. The summed E-state index contributed by atoms with van der Waals surface area (Å²) >= 11 is 0. The maximum absolute atomic E-state index is 4.83. The Kier molecular flexibility index (Phi) is 4.32. The van der Waals surface area contributed by atoms with Gasteiger partial charge in [-0.15, -0.1) is 0 Å². The molecule has 0 radical (unpaired) electrons. The third-order valence-corrected chi connectivity index (χ3v) is 4.97. The van der Waals surface area contributed by atoms with E-state index < -0.39 is 0 Å². The van der Waals surface area contributed by atoms with E-state index in [9.17, 15) is 0 Å². The Morgan fingerprint density at radius 2 is 1.67 bits per heavy atom. The van der Waals surface area contributed by atoms with Crippen LogP contribution in [0.25, 0.3) is 34.2 Å². The van der Waals surface area contributed by atoms with Gasteiger partial charge in [0.15, 0.2) is 0 Å². The molecule has 27 heavy (non-hydrogen) atoms. The van der Waals surface area contributed by atoms with Crippen LogP contribution in [0.5, 0.6) is 0 Å². The number of benzene rings is 2. The van der Waals surface area contributed by atoms with Gasteiger partial charge in [-0.05, 0) is 43.0 Å². The van der Waals surface area contributed by atoms with Gasteiger partial charge >= 0.3 is 0 Å². The topological polar surface area (TPSA) is 54.5 Å². The molecule has 1 N–H and O–H groups in total. The van der Waals surface area contributed by atoms with Gasteiger partial charge in [-0.3, -0.25) is 4.98 Å². The summed E-state index contributed by atoms with van der Waals surface area (Å²) in [6.45, 7) is 11.9. The molecule has 134 valence electrons. The molecule has 4 rings (SSSR count). The fourth-order valence-corrected chi connectivity index (χ4v) is 3.44. The van der Waals surface area contributed by atoms with Crippen LogP contribution >= 0.6 is 0 Å². The summed E-state index contributed by atoms with van der Waals surface area (Å²) in [5.74, 6) is 0.942. The van der Waals surface area contributed by atoms with Crippen molar-refractivity contribution in [3.8, 4) is 0 Å². The highest BCUT2D eigenvalue weighted by Crippen LogP contribution is 2.23. The second-order valence-electron chi connectivity index (χ2n) is 6.81. The van der Waals surface area contributed by atoms with Gasteiger partial charge in [-0.2, -0.15) is 0 Å². The number of aromatic amines is 1. The summed E-state index contributed by atoms with van der Waals surface area (Å²) in [6.07, 6.45) is 7.11. The number of fused-ring (bicyclic) bond motifs is 2. The lowest BCUT2D eigenvalue weighted by Gasteiger charge is -2.06. The van der Waals surface area contributed by atoms with Gasteiger partial charge in [-0.25, -0.2) is 9.97 Å². The Balaban J connectivity index is 1.64. The van der Waals surface area contributed by atoms with Crippen LogP contribution in [0.2, 0.25) is 0 Å². The Morgan fingerprint density at radius 3 is 2.41 bits per heavy atom. The molecule has 2 aromatic heterocycles. The highest BCUT2D eigenvalue weighted by atomic mass is 14.9. The standard InChI is InChI=1S/C23H22N4/c1-5-16-9-11-19-23(18(16)6-2)27-20(26-19)12-10-17-13-24-21-14(3)7-8-15(4)22(21)25-17/h5-9,11,13H,1-2,10,12H2,3-4H3,(H,26,27). The number of nitrogens with one attached hydrogen (secondary N) is 1. The number of hydrogen-bond donors (Lipinski definition) is 1. The molecule has 0 aliphatic heterocycles. The molecular formula is C23H22N4. The Morgan fingerprint density at radius 1 is 0.889 bits per heavy atom. The summed E-state index contributed by atoms with van der Waals surface area (Å²) in [6, 6.07) is 8.27. The molecule has 0 saturated carbocycles. The van der Waals surface area contributed by atoms with E-state index in [1.165, 1.54) is 0 Å². The summed E-state index contributed by atoms with van der Waals surface area (Å²) in [5.41, 5.74) is 9.27. The first-order chi connectivity index (χ1) is 13.1. The second-order valence-corrected chi connectivity index (χ2v) is 6.81. The molecule has 4 aromatic rings. The van der Waals surface area contributed by atoms with E-state index in [-0.39, 0.29) is 0 Å². The fourth-order valence-electron chi connectivity index (χ4n) is 3.44. The van der Waals surface area contributed by atoms with E-state index in [2.05, 4.69) is 49.1 Å². The zero-order chi connectivity index (χ0) is 19.0. The fraction of sp³-hybridized carbons (Fsp3) is 0.174. The monoisotopic (exact) mass is 354 g/mol. The Hall–Kier alpha value is -3.27. The zero-order valence-corrected chi connectivity index (χ0v) is 15.7. The van der Waals surface area contributed by atoms with Crippen molar-refractivity contribution in [2.24, 2.45) is 0 Å². The summed E-state index contributed by atoms with van der Waals surface area (Å²) in [4.78, 5) is 17.6. The van der Waals surface area contributed by atoms with E-state index in [1.54, 1.807) is 0 Å².